The fourth-order valence-corrected chi connectivity index (χ4v) is 2.75. The number of rotatable bonds is 1. The summed E-state index contributed by atoms with van der Waals surface area (Å²) in [5.41, 5.74) is 2.73. The fraction of sp³-hybridized carbons (Fsp3) is 0. The van der Waals surface area contributed by atoms with Gasteiger partial charge in [0.1, 0.15) is 0 Å². The maximum atomic E-state index is 6.07. The molecule has 0 N–H and O–H groups in total. The van der Waals surface area contributed by atoms with Crippen LogP contribution in [-0.2, 0) is 0 Å². The summed E-state index contributed by atoms with van der Waals surface area (Å²) in [6.07, 6.45) is 3.72. The average Bonchev–Trinajstić information content (AvgIpc) is 2.82. The second kappa shape index (κ2) is 3.77. The number of halogens is 2. The van der Waals surface area contributed by atoms with Gasteiger partial charge in [-0.15, -0.1) is 0 Å². The summed E-state index contributed by atoms with van der Waals surface area (Å²) < 4.78 is 1.84. The molecule has 80 valence electrons. The molecule has 0 unspecified atom stereocenters. The Bertz CT molecular complexity index is 643. The summed E-state index contributed by atoms with van der Waals surface area (Å²) in [4.78, 5) is 4.47. The molecule has 2 nitrogen and oxygen atoms in total. The molecule has 3 heterocycles. The van der Waals surface area contributed by atoms with Crippen LogP contribution < -0.4 is 0 Å². The lowest BCUT2D eigenvalue weighted by Crippen LogP contribution is -1.82. The first-order valence-electron chi connectivity index (χ1n) is 4.60. The quantitative estimate of drug-likeness (QED) is 0.641. The van der Waals surface area contributed by atoms with Gasteiger partial charge in [0, 0.05) is 23.3 Å². The number of imidazole rings is 1. The summed E-state index contributed by atoms with van der Waals surface area (Å²) in [5.74, 6) is 0. The highest BCUT2D eigenvalue weighted by Crippen LogP contribution is 2.26. The first-order chi connectivity index (χ1) is 7.74. The predicted molar refractivity (Wildman–Crippen MR) is 68.5 cm³/mol. The molecule has 3 aromatic heterocycles. The average molecular weight is 269 g/mol. The highest BCUT2D eigenvalue weighted by Gasteiger charge is 2.08. The van der Waals surface area contributed by atoms with Gasteiger partial charge >= 0.3 is 0 Å². The molecule has 0 fully saturated rings. The Hall–Kier alpha value is -1.03. The van der Waals surface area contributed by atoms with Crippen LogP contribution in [0, 0.1) is 0 Å². The van der Waals surface area contributed by atoms with Crippen molar-refractivity contribution in [2.24, 2.45) is 0 Å². The third-order valence-electron chi connectivity index (χ3n) is 2.29. The normalized spacial score (nSPS) is 11.1. The van der Waals surface area contributed by atoms with Gasteiger partial charge in [0.05, 0.1) is 15.7 Å². The van der Waals surface area contributed by atoms with E-state index in [2.05, 4.69) is 10.4 Å². The molecule has 0 aliphatic carbocycles. The van der Waals surface area contributed by atoms with Crippen molar-refractivity contribution in [3.8, 4) is 11.3 Å². The van der Waals surface area contributed by atoms with Crippen LogP contribution in [-0.4, -0.2) is 9.38 Å². The van der Waals surface area contributed by atoms with E-state index >= 15 is 0 Å². The second-order valence-corrected chi connectivity index (χ2v) is 5.00. The molecule has 0 aliphatic rings. The van der Waals surface area contributed by atoms with Gasteiger partial charge in [-0.1, -0.05) is 23.2 Å². The monoisotopic (exact) mass is 268 g/mol. The van der Waals surface area contributed by atoms with Crippen LogP contribution >= 0.6 is 34.5 Å². The van der Waals surface area contributed by atoms with Crippen molar-refractivity contribution in [1.82, 2.24) is 9.38 Å². The summed E-state index contributed by atoms with van der Waals surface area (Å²) in [6.45, 7) is 0. The Morgan fingerprint density at radius 2 is 2.12 bits per heavy atom. The minimum Gasteiger partial charge on any atom is -0.304 e. The smallest absolute Gasteiger partial charge is 0.156 e. The van der Waals surface area contributed by atoms with E-state index in [-0.39, 0.29) is 0 Å². The molecule has 0 spiro atoms. The van der Waals surface area contributed by atoms with Crippen LogP contribution in [0.5, 0.6) is 0 Å². The third kappa shape index (κ3) is 1.61. The molecule has 3 rings (SSSR count). The molecular weight excluding hydrogens is 263 g/mol. The highest BCUT2D eigenvalue weighted by atomic mass is 35.5. The SMILES string of the molecule is Clc1cc(Cl)c2nc(-c3ccsc3)cn2c1. The van der Waals surface area contributed by atoms with Crippen LogP contribution in [0.3, 0.4) is 0 Å². The van der Waals surface area contributed by atoms with Crippen molar-refractivity contribution in [1.29, 1.82) is 0 Å². The molecule has 0 atom stereocenters. The van der Waals surface area contributed by atoms with Crippen molar-refractivity contribution >= 4 is 40.2 Å². The minimum absolute atomic E-state index is 0.564. The molecular formula is C11H6Cl2N2S. The van der Waals surface area contributed by atoms with Gasteiger partial charge in [0.25, 0.3) is 0 Å². The molecule has 0 aliphatic heterocycles. The van der Waals surface area contributed by atoms with Crippen LogP contribution in [0.4, 0.5) is 0 Å². The van der Waals surface area contributed by atoms with E-state index in [0.717, 1.165) is 16.9 Å². The Labute approximate surface area is 106 Å². The van der Waals surface area contributed by atoms with Gasteiger partial charge in [0.2, 0.25) is 0 Å². The summed E-state index contributed by atoms with van der Waals surface area (Å²) in [6, 6.07) is 3.73. The predicted octanol–water partition coefficient (Wildman–Crippen LogP) is 4.37. The molecule has 16 heavy (non-hydrogen) atoms. The molecule has 0 radical (unpaired) electrons. The molecule has 0 saturated heterocycles. The van der Waals surface area contributed by atoms with E-state index in [1.54, 1.807) is 23.6 Å². The molecule has 0 saturated carbocycles. The number of hydrogen-bond donors (Lipinski definition) is 0. The van der Waals surface area contributed by atoms with Gasteiger partial charge in [-0.2, -0.15) is 11.3 Å². The maximum Gasteiger partial charge on any atom is 0.156 e. The summed E-state index contributed by atoms with van der Waals surface area (Å²) in [5, 5.41) is 5.24. The summed E-state index contributed by atoms with van der Waals surface area (Å²) >= 11 is 13.6. The third-order valence-corrected chi connectivity index (χ3v) is 3.46. The van der Waals surface area contributed by atoms with E-state index < -0.39 is 0 Å². The molecule has 0 amide bonds. The Morgan fingerprint density at radius 3 is 2.88 bits per heavy atom. The molecule has 3 aromatic rings. The number of fused-ring (bicyclic) bond motifs is 1. The Morgan fingerprint density at radius 1 is 1.25 bits per heavy atom. The van der Waals surface area contributed by atoms with Gasteiger partial charge in [-0.25, -0.2) is 4.98 Å². The number of thiophene rings is 1. The topological polar surface area (TPSA) is 17.3 Å². The lowest BCUT2D eigenvalue weighted by atomic mass is 10.3. The number of hydrogen-bond acceptors (Lipinski definition) is 2. The number of aromatic nitrogens is 2. The lowest BCUT2D eigenvalue weighted by Gasteiger charge is -1.95. The van der Waals surface area contributed by atoms with Crippen LogP contribution in [0.2, 0.25) is 10.0 Å². The maximum absolute atomic E-state index is 6.07. The van der Waals surface area contributed by atoms with E-state index in [4.69, 9.17) is 23.2 Å². The minimum atomic E-state index is 0.564. The first-order valence-corrected chi connectivity index (χ1v) is 6.30. The zero-order valence-electron chi connectivity index (χ0n) is 8.02. The van der Waals surface area contributed by atoms with Crippen molar-refractivity contribution < 1.29 is 0 Å². The van der Waals surface area contributed by atoms with Gasteiger partial charge in [-0.3, -0.25) is 0 Å². The zero-order chi connectivity index (χ0) is 11.1. The van der Waals surface area contributed by atoms with E-state index in [0.29, 0.717) is 10.0 Å². The molecule has 5 heteroatoms. The van der Waals surface area contributed by atoms with Crippen molar-refractivity contribution in [2.45, 2.75) is 0 Å². The largest absolute Gasteiger partial charge is 0.304 e. The van der Waals surface area contributed by atoms with Gasteiger partial charge in [-0.05, 0) is 17.5 Å². The standard InChI is InChI=1S/C11H6Cl2N2S/c12-8-3-9(13)11-14-10(5-15(11)4-8)7-1-2-16-6-7/h1-6H. The zero-order valence-corrected chi connectivity index (χ0v) is 10.4. The van der Waals surface area contributed by atoms with Crippen LogP contribution in [0.1, 0.15) is 0 Å². The number of nitrogens with zero attached hydrogens (tertiary/aromatic N) is 2. The first kappa shape index (κ1) is 10.1. The Kier molecular flexibility index (Phi) is 2.39. The van der Waals surface area contributed by atoms with Gasteiger partial charge in [0.15, 0.2) is 5.65 Å². The molecule has 0 aromatic carbocycles. The van der Waals surface area contributed by atoms with Crippen molar-refractivity contribution in [3.05, 3.63) is 45.3 Å². The highest BCUT2D eigenvalue weighted by molar-refractivity contribution is 7.08. The lowest BCUT2D eigenvalue weighted by molar-refractivity contribution is 1.19. The van der Waals surface area contributed by atoms with Crippen molar-refractivity contribution in [2.75, 3.05) is 0 Å². The van der Waals surface area contributed by atoms with E-state index in [9.17, 15) is 0 Å². The second-order valence-electron chi connectivity index (χ2n) is 3.38. The van der Waals surface area contributed by atoms with Crippen LogP contribution in [0.15, 0.2) is 35.3 Å². The summed E-state index contributed by atoms with van der Waals surface area (Å²) in [7, 11) is 0. The molecule has 0 bridgehead atoms. The van der Waals surface area contributed by atoms with E-state index in [1.807, 2.05) is 22.0 Å². The fourth-order valence-electron chi connectivity index (χ4n) is 1.57. The Balaban J connectivity index is 2.27. The van der Waals surface area contributed by atoms with Crippen LogP contribution in [0.25, 0.3) is 16.9 Å². The number of pyridine rings is 1. The van der Waals surface area contributed by atoms with Gasteiger partial charge < -0.3 is 4.40 Å². The van der Waals surface area contributed by atoms with E-state index in [1.165, 1.54) is 0 Å². The van der Waals surface area contributed by atoms with Crippen molar-refractivity contribution in [3.63, 3.8) is 0 Å².